The molecule has 7 heteroatoms. The molecule has 0 bridgehead atoms. The van der Waals surface area contributed by atoms with Gasteiger partial charge in [0.05, 0.1) is 24.0 Å². The SMILES string of the molecule is CC(=O)N1CCC(c2nccnc2CNC(=O)C2CCCN2C)CC1. The summed E-state index contributed by atoms with van der Waals surface area (Å²) in [5.41, 5.74) is 1.81. The molecule has 1 unspecified atom stereocenters. The van der Waals surface area contributed by atoms with E-state index in [1.165, 1.54) is 0 Å². The van der Waals surface area contributed by atoms with Crippen molar-refractivity contribution in [3.05, 3.63) is 23.8 Å². The van der Waals surface area contributed by atoms with Gasteiger partial charge in [0.25, 0.3) is 0 Å². The Kier molecular flexibility index (Phi) is 5.63. The fourth-order valence-electron chi connectivity index (χ4n) is 3.85. The number of rotatable bonds is 4. The zero-order valence-electron chi connectivity index (χ0n) is 15.1. The van der Waals surface area contributed by atoms with E-state index in [-0.39, 0.29) is 17.9 Å². The Hall–Kier alpha value is -2.02. The van der Waals surface area contributed by atoms with Gasteiger partial charge in [0.2, 0.25) is 11.8 Å². The van der Waals surface area contributed by atoms with Crippen molar-refractivity contribution >= 4 is 11.8 Å². The van der Waals surface area contributed by atoms with E-state index in [1.54, 1.807) is 19.3 Å². The summed E-state index contributed by atoms with van der Waals surface area (Å²) in [6.45, 7) is 4.52. The third-order valence-corrected chi connectivity index (χ3v) is 5.39. The van der Waals surface area contributed by atoms with Gasteiger partial charge in [-0.05, 0) is 39.3 Å². The van der Waals surface area contributed by atoms with Gasteiger partial charge >= 0.3 is 0 Å². The highest BCUT2D eigenvalue weighted by atomic mass is 16.2. The Morgan fingerprint density at radius 1 is 1.16 bits per heavy atom. The second-order valence-corrected chi connectivity index (χ2v) is 7.03. The van der Waals surface area contributed by atoms with Gasteiger partial charge in [0.15, 0.2) is 0 Å². The molecule has 2 amide bonds. The summed E-state index contributed by atoms with van der Waals surface area (Å²) in [7, 11) is 1.99. The van der Waals surface area contributed by atoms with Crippen LogP contribution in [0.2, 0.25) is 0 Å². The van der Waals surface area contributed by atoms with E-state index in [1.807, 2.05) is 11.9 Å². The van der Waals surface area contributed by atoms with E-state index < -0.39 is 0 Å². The minimum Gasteiger partial charge on any atom is -0.349 e. The average molecular weight is 345 g/mol. The van der Waals surface area contributed by atoms with Gasteiger partial charge in [0, 0.05) is 38.3 Å². The number of carbonyl (C=O) groups excluding carboxylic acids is 2. The molecule has 1 aromatic heterocycles. The van der Waals surface area contributed by atoms with Crippen molar-refractivity contribution in [2.24, 2.45) is 0 Å². The number of nitrogens with zero attached hydrogens (tertiary/aromatic N) is 4. The number of carbonyl (C=O) groups is 2. The summed E-state index contributed by atoms with van der Waals surface area (Å²) in [6, 6.07) is -0.0288. The Balaban J connectivity index is 1.61. The molecule has 2 aliphatic heterocycles. The molecule has 1 aromatic rings. The fourth-order valence-corrected chi connectivity index (χ4v) is 3.85. The number of likely N-dealkylation sites (tertiary alicyclic amines) is 2. The van der Waals surface area contributed by atoms with Gasteiger partial charge < -0.3 is 10.2 Å². The molecule has 0 spiro atoms. The largest absolute Gasteiger partial charge is 0.349 e. The van der Waals surface area contributed by atoms with E-state index in [9.17, 15) is 9.59 Å². The molecule has 2 aliphatic rings. The number of amides is 2. The van der Waals surface area contributed by atoms with Crippen LogP contribution >= 0.6 is 0 Å². The lowest BCUT2D eigenvalue weighted by Gasteiger charge is -2.31. The van der Waals surface area contributed by atoms with E-state index in [0.29, 0.717) is 12.5 Å². The number of piperidine rings is 1. The normalized spacial score (nSPS) is 22.2. The lowest BCUT2D eigenvalue weighted by atomic mass is 9.92. The van der Waals surface area contributed by atoms with Crippen LogP contribution in [0.4, 0.5) is 0 Å². The summed E-state index contributed by atoms with van der Waals surface area (Å²) in [5, 5.41) is 3.03. The van der Waals surface area contributed by atoms with Crippen LogP contribution in [-0.4, -0.2) is 64.3 Å². The molecule has 0 saturated carbocycles. The van der Waals surface area contributed by atoms with Crippen LogP contribution in [0.5, 0.6) is 0 Å². The number of hydrogen-bond donors (Lipinski definition) is 1. The quantitative estimate of drug-likeness (QED) is 0.878. The highest BCUT2D eigenvalue weighted by molar-refractivity contribution is 5.81. The Morgan fingerprint density at radius 2 is 1.88 bits per heavy atom. The molecule has 1 atom stereocenters. The van der Waals surface area contributed by atoms with Gasteiger partial charge in [-0.25, -0.2) is 0 Å². The Labute approximate surface area is 148 Å². The number of aromatic nitrogens is 2. The maximum absolute atomic E-state index is 12.4. The van der Waals surface area contributed by atoms with Gasteiger partial charge in [-0.15, -0.1) is 0 Å². The Bertz CT molecular complexity index is 628. The second kappa shape index (κ2) is 7.91. The number of hydrogen-bond acceptors (Lipinski definition) is 5. The molecule has 2 fully saturated rings. The molecule has 1 N–H and O–H groups in total. The minimum atomic E-state index is -0.0288. The Morgan fingerprint density at radius 3 is 2.52 bits per heavy atom. The van der Waals surface area contributed by atoms with E-state index in [4.69, 9.17) is 0 Å². The van der Waals surface area contributed by atoms with Crippen LogP contribution in [0.1, 0.15) is 49.9 Å². The first-order valence-corrected chi connectivity index (χ1v) is 9.09. The van der Waals surface area contributed by atoms with Crippen LogP contribution in [0.15, 0.2) is 12.4 Å². The molecule has 25 heavy (non-hydrogen) atoms. The van der Waals surface area contributed by atoms with Crippen LogP contribution in [0.3, 0.4) is 0 Å². The molecule has 136 valence electrons. The van der Waals surface area contributed by atoms with Crippen molar-refractivity contribution in [3.63, 3.8) is 0 Å². The highest BCUT2D eigenvalue weighted by Crippen LogP contribution is 2.28. The predicted octanol–water partition coefficient (Wildman–Crippen LogP) is 0.913. The fraction of sp³-hybridized carbons (Fsp3) is 0.667. The van der Waals surface area contributed by atoms with Crippen LogP contribution in [0, 0.1) is 0 Å². The summed E-state index contributed by atoms with van der Waals surface area (Å²) in [6.07, 6.45) is 7.16. The summed E-state index contributed by atoms with van der Waals surface area (Å²) < 4.78 is 0. The maximum Gasteiger partial charge on any atom is 0.237 e. The smallest absolute Gasteiger partial charge is 0.237 e. The maximum atomic E-state index is 12.4. The minimum absolute atomic E-state index is 0.0288. The molecule has 3 rings (SSSR count). The predicted molar refractivity (Wildman–Crippen MR) is 93.8 cm³/mol. The molecule has 0 aromatic carbocycles. The molecule has 7 nitrogen and oxygen atoms in total. The van der Waals surface area contributed by atoms with Crippen molar-refractivity contribution in [2.75, 3.05) is 26.7 Å². The van der Waals surface area contributed by atoms with Crippen LogP contribution in [-0.2, 0) is 16.1 Å². The van der Waals surface area contributed by atoms with Crippen molar-refractivity contribution in [3.8, 4) is 0 Å². The van der Waals surface area contributed by atoms with E-state index in [0.717, 1.165) is 56.7 Å². The zero-order valence-corrected chi connectivity index (χ0v) is 15.1. The van der Waals surface area contributed by atoms with Crippen molar-refractivity contribution in [1.29, 1.82) is 0 Å². The van der Waals surface area contributed by atoms with Gasteiger partial charge in [-0.3, -0.25) is 24.5 Å². The van der Waals surface area contributed by atoms with Gasteiger partial charge in [0.1, 0.15) is 0 Å². The molecular formula is C18H27N5O2. The zero-order chi connectivity index (χ0) is 17.8. The first-order chi connectivity index (χ1) is 12.1. The molecule has 0 aliphatic carbocycles. The molecular weight excluding hydrogens is 318 g/mol. The van der Waals surface area contributed by atoms with Crippen molar-refractivity contribution in [1.82, 2.24) is 25.1 Å². The highest BCUT2D eigenvalue weighted by Gasteiger charge is 2.28. The summed E-state index contributed by atoms with van der Waals surface area (Å²) in [5.74, 6) is 0.499. The molecule has 2 saturated heterocycles. The topological polar surface area (TPSA) is 78.4 Å². The first-order valence-electron chi connectivity index (χ1n) is 9.09. The third-order valence-electron chi connectivity index (χ3n) is 5.39. The lowest BCUT2D eigenvalue weighted by molar-refractivity contribution is -0.130. The van der Waals surface area contributed by atoms with E-state index in [2.05, 4.69) is 20.2 Å². The van der Waals surface area contributed by atoms with Gasteiger partial charge in [-0.2, -0.15) is 0 Å². The van der Waals surface area contributed by atoms with E-state index >= 15 is 0 Å². The third kappa shape index (κ3) is 4.15. The van der Waals surface area contributed by atoms with Gasteiger partial charge in [-0.1, -0.05) is 0 Å². The number of likely N-dealkylation sites (N-methyl/N-ethyl adjacent to an activating group) is 1. The average Bonchev–Trinajstić information content (AvgIpc) is 3.06. The van der Waals surface area contributed by atoms with Crippen molar-refractivity contribution < 1.29 is 9.59 Å². The monoisotopic (exact) mass is 345 g/mol. The van der Waals surface area contributed by atoms with Crippen LogP contribution < -0.4 is 5.32 Å². The summed E-state index contributed by atoms with van der Waals surface area (Å²) >= 11 is 0. The standard InChI is InChI=1S/C18H27N5O2/c1-13(24)23-10-5-14(6-11-23)17-15(19-7-8-20-17)12-21-18(25)16-4-3-9-22(16)2/h7-8,14,16H,3-6,9-12H2,1-2H3,(H,21,25). The van der Waals surface area contributed by atoms with Crippen molar-refractivity contribution in [2.45, 2.75) is 51.1 Å². The second-order valence-electron chi connectivity index (χ2n) is 7.03. The van der Waals surface area contributed by atoms with Crippen LogP contribution in [0.25, 0.3) is 0 Å². The lowest BCUT2D eigenvalue weighted by Crippen LogP contribution is -2.41. The first kappa shape index (κ1) is 17.8. The number of nitrogens with one attached hydrogen (secondary N) is 1. The molecule has 0 radical (unpaired) electrons. The molecule has 3 heterocycles. The summed E-state index contributed by atoms with van der Waals surface area (Å²) in [4.78, 5) is 36.8.